The average molecular weight is 449 g/mol. The van der Waals surface area contributed by atoms with Gasteiger partial charge in [0.15, 0.2) is 5.78 Å². The second kappa shape index (κ2) is 7.77. The summed E-state index contributed by atoms with van der Waals surface area (Å²) in [6.45, 7) is 2.58. The Bertz CT molecular complexity index is 1180. The molecular weight excluding hydrogens is 426 g/mol. The molecule has 2 aromatic rings. The van der Waals surface area contributed by atoms with E-state index in [2.05, 4.69) is 0 Å². The van der Waals surface area contributed by atoms with Crippen molar-refractivity contribution in [2.75, 3.05) is 18.6 Å². The number of ether oxygens (including phenoxy) is 1. The third kappa shape index (κ3) is 3.14. The Morgan fingerprint density at radius 2 is 1.79 bits per heavy atom. The maximum absolute atomic E-state index is 13.7. The fourth-order valence-electron chi connectivity index (χ4n) is 5.61. The van der Waals surface area contributed by atoms with E-state index in [1.54, 1.807) is 12.1 Å². The van der Waals surface area contributed by atoms with Crippen LogP contribution in [0.4, 0.5) is 11.4 Å². The number of benzene rings is 2. The summed E-state index contributed by atoms with van der Waals surface area (Å²) < 4.78 is 5.31. The Labute approximate surface area is 190 Å². The van der Waals surface area contributed by atoms with E-state index < -0.39 is 34.6 Å². The molecule has 0 N–H and O–H groups in total. The van der Waals surface area contributed by atoms with Gasteiger partial charge < -0.3 is 4.74 Å². The number of carbonyl (C=O) groups is 3. The standard InChI is InChI=1S/C24H23N3O6/c1-13-5-7-14(8-6-13)22(28)21-20-19(16-4-3-11-25(16)21)23(29)26(24(20)30)17-12-15(27(31)32)9-10-18(17)33-2/h5-10,12,16,19-21H,3-4,11H2,1-2H3/t16-,19-,20-,21+/m1/s1. The molecule has 2 amide bonds. The fraction of sp³-hybridized carbons (Fsp3) is 0.375. The maximum atomic E-state index is 13.7. The number of methoxy groups -OCH3 is 1. The van der Waals surface area contributed by atoms with E-state index in [1.165, 1.54) is 25.3 Å². The average Bonchev–Trinajstić information content (AvgIpc) is 3.45. The van der Waals surface area contributed by atoms with Crippen molar-refractivity contribution in [1.29, 1.82) is 0 Å². The molecule has 2 aromatic carbocycles. The Morgan fingerprint density at radius 3 is 2.45 bits per heavy atom. The predicted octanol–water partition coefficient (Wildman–Crippen LogP) is 2.75. The van der Waals surface area contributed by atoms with Gasteiger partial charge in [-0.15, -0.1) is 0 Å². The Morgan fingerprint density at radius 1 is 1.09 bits per heavy atom. The van der Waals surface area contributed by atoms with Crippen molar-refractivity contribution < 1.29 is 24.0 Å². The van der Waals surface area contributed by atoms with E-state index in [4.69, 9.17) is 4.74 Å². The van der Waals surface area contributed by atoms with Gasteiger partial charge in [-0.3, -0.25) is 29.4 Å². The summed E-state index contributed by atoms with van der Waals surface area (Å²) >= 11 is 0. The molecule has 4 atom stereocenters. The van der Waals surface area contributed by atoms with Crippen LogP contribution < -0.4 is 9.64 Å². The smallest absolute Gasteiger partial charge is 0.271 e. The molecule has 0 aliphatic carbocycles. The summed E-state index contributed by atoms with van der Waals surface area (Å²) in [4.78, 5) is 54.6. The molecule has 5 rings (SSSR count). The molecule has 9 heteroatoms. The molecule has 170 valence electrons. The third-order valence-corrected chi connectivity index (χ3v) is 7.07. The summed E-state index contributed by atoms with van der Waals surface area (Å²) in [5.74, 6) is -2.43. The number of Topliss-reactive ketones (excluding diaryl/α,β-unsaturated/α-hetero) is 1. The number of nitrogens with zero attached hydrogens (tertiary/aromatic N) is 3. The molecule has 3 saturated heterocycles. The number of hydrogen-bond acceptors (Lipinski definition) is 7. The van der Waals surface area contributed by atoms with Gasteiger partial charge in [-0.1, -0.05) is 29.8 Å². The van der Waals surface area contributed by atoms with Crippen molar-refractivity contribution >= 4 is 29.0 Å². The van der Waals surface area contributed by atoms with Crippen molar-refractivity contribution in [3.8, 4) is 5.75 Å². The van der Waals surface area contributed by atoms with Gasteiger partial charge in [0, 0.05) is 23.7 Å². The zero-order valence-electron chi connectivity index (χ0n) is 18.3. The number of nitro benzene ring substituents is 1. The minimum atomic E-state index is -0.833. The van der Waals surface area contributed by atoms with Crippen molar-refractivity contribution in [3.05, 3.63) is 63.7 Å². The van der Waals surface area contributed by atoms with E-state index in [0.29, 0.717) is 12.1 Å². The first kappa shape index (κ1) is 21.3. The number of nitro groups is 1. The number of amides is 2. The number of fused-ring (bicyclic) bond motifs is 3. The van der Waals surface area contributed by atoms with Gasteiger partial charge in [-0.05, 0) is 32.4 Å². The van der Waals surface area contributed by atoms with Crippen molar-refractivity contribution in [2.45, 2.75) is 31.8 Å². The zero-order chi connectivity index (χ0) is 23.4. The Kier molecular flexibility index (Phi) is 5.01. The van der Waals surface area contributed by atoms with E-state index in [0.717, 1.165) is 23.3 Å². The van der Waals surface area contributed by atoms with E-state index in [9.17, 15) is 24.5 Å². The lowest BCUT2D eigenvalue weighted by Gasteiger charge is -2.28. The maximum Gasteiger partial charge on any atom is 0.271 e. The molecule has 0 saturated carbocycles. The van der Waals surface area contributed by atoms with Crippen molar-refractivity contribution in [3.63, 3.8) is 0 Å². The van der Waals surface area contributed by atoms with Crippen LogP contribution in [0.1, 0.15) is 28.8 Å². The Balaban J connectivity index is 1.58. The summed E-state index contributed by atoms with van der Waals surface area (Å²) in [5, 5.41) is 11.3. The van der Waals surface area contributed by atoms with Gasteiger partial charge in [0.25, 0.3) is 5.69 Å². The van der Waals surface area contributed by atoms with E-state index >= 15 is 0 Å². The summed E-state index contributed by atoms with van der Waals surface area (Å²) in [5.41, 5.74) is 1.31. The van der Waals surface area contributed by atoms with Crippen LogP contribution in [0.3, 0.4) is 0 Å². The molecule has 0 aromatic heterocycles. The quantitative estimate of drug-likeness (QED) is 0.299. The molecule has 3 fully saturated rings. The van der Waals surface area contributed by atoms with Crippen LogP contribution in [0, 0.1) is 28.9 Å². The van der Waals surface area contributed by atoms with Gasteiger partial charge in [-0.25, -0.2) is 4.90 Å². The monoisotopic (exact) mass is 449 g/mol. The van der Waals surface area contributed by atoms with Gasteiger partial charge in [0.1, 0.15) is 11.4 Å². The Hall–Kier alpha value is -3.59. The molecule has 0 bridgehead atoms. The number of non-ortho nitro benzene ring substituents is 1. The highest BCUT2D eigenvalue weighted by Gasteiger charge is 2.65. The number of carbonyl (C=O) groups excluding carboxylic acids is 3. The zero-order valence-corrected chi connectivity index (χ0v) is 18.3. The SMILES string of the molecule is COc1ccc([N+](=O)[O-])cc1N1C(=O)[C@@H]2[C@H](C1=O)[C@H]1CCCN1[C@@H]2C(=O)c1ccc(C)cc1. The molecule has 3 aliphatic rings. The number of aryl methyl sites for hydroxylation is 1. The molecule has 9 nitrogen and oxygen atoms in total. The first-order valence-electron chi connectivity index (χ1n) is 10.9. The predicted molar refractivity (Wildman–Crippen MR) is 118 cm³/mol. The number of rotatable bonds is 5. The molecule has 3 aliphatic heterocycles. The molecule has 33 heavy (non-hydrogen) atoms. The lowest BCUT2D eigenvalue weighted by atomic mass is 9.85. The number of hydrogen-bond donors (Lipinski definition) is 0. The lowest BCUT2D eigenvalue weighted by molar-refractivity contribution is -0.384. The lowest BCUT2D eigenvalue weighted by Crippen LogP contribution is -2.46. The molecular formula is C24H23N3O6. The van der Waals surface area contributed by atoms with Crippen LogP contribution in [0.2, 0.25) is 0 Å². The topological polar surface area (TPSA) is 110 Å². The minimum absolute atomic E-state index is 0.0437. The molecule has 0 spiro atoms. The van der Waals surface area contributed by atoms with Gasteiger partial charge in [-0.2, -0.15) is 0 Å². The van der Waals surface area contributed by atoms with E-state index in [1.807, 2.05) is 24.0 Å². The van der Waals surface area contributed by atoms with Gasteiger partial charge >= 0.3 is 0 Å². The summed E-state index contributed by atoms with van der Waals surface area (Å²) in [7, 11) is 1.37. The normalized spacial score (nSPS) is 26.4. The molecule has 3 heterocycles. The van der Waals surface area contributed by atoms with Gasteiger partial charge in [0.2, 0.25) is 11.8 Å². The first-order valence-corrected chi connectivity index (χ1v) is 10.9. The van der Waals surface area contributed by atoms with Crippen LogP contribution in [0.25, 0.3) is 0 Å². The minimum Gasteiger partial charge on any atom is -0.495 e. The fourth-order valence-corrected chi connectivity index (χ4v) is 5.61. The number of anilines is 1. The number of imide groups is 1. The van der Waals surface area contributed by atoms with Crippen molar-refractivity contribution in [1.82, 2.24) is 4.90 Å². The van der Waals surface area contributed by atoms with Crippen LogP contribution in [0.15, 0.2) is 42.5 Å². The molecule has 0 unspecified atom stereocenters. The van der Waals surface area contributed by atoms with Crippen molar-refractivity contribution in [2.24, 2.45) is 11.8 Å². The highest BCUT2D eigenvalue weighted by Crippen LogP contribution is 2.50. The van der Waals surface area contributed by atoms with Crippen LogP contribution in [0.5, 0.6) is 5.75 Å². The largest absolute Gasteiger partial charge is 0.495 e. The van der Waals surface area contributed by atoms with E-state index in [-0.39, 0.29) is 28.9 Å². The second-order valence-corrected chi connectivity index (χ2v) is 8.80. The molecule has 0 radical (unpaired) electrons. The van der Waals surface area contributed by atoms with Gasteiger partial charge in [0.05, 0.1) is 29.9 Å². The summed E-state index contributed by atoms with van der Waals surface area (Å²) in [6, 6.07) is 10.1. The third-order valence-electron chi connectivity index (χ3n) is 7.07. The highest BCUT2D eigenvalue weighted by atomic mass is 16.6. The van der Waals surface area contributed by atoms with Crippen LogP contribution in [-0.4, -0.2) is 53.2 Å². The van der Waals surface area contributed by atoms with Crippen LogP contribution >= 0.6 is 0 Å². The first-order chi connectivity index (χ1) is 15.8. The highest BCUT2D eigenvalue weighted by molar-refractivity contribution is 6.25. The second-order valence-electron chi connectivity index (χ2n) is 8.80. The van der Waals surface area contributed by atoms with Crippen LogP contribution in [-0.2, 0) is 9.59 Å². The summed E-state index contributed by atoms with van der Waals surface area (Å²) in [6.07, 6.45) is 1.56. The number of ketones is 1.